The molecule has 0 saturated carbocycles. The highest BCUT2D eigenvalue weighted by Gasteiger charge is 2.25. The van der Waals surface area contributed by atoms with Crippen LogP contribution in [0.5, 0.6) is 0 Å². The Morgan fingerprint density at radius 2 is 2.33 bits per heavy atom. The third kappa shape index (κ3) is 4.96. The number of aliphatic hydroxyl groups is 1. The lowest BCUT2D eigenvalue weighted by Crippen LogP contribution is -2.51. The van der Waals surface area contributed by atoms with E-state index >= 15 is 0 Å². The van der Waals surface area contributed by atoms with Crippen molar-refractivity contribution in [1.82, 2.24) is 10.3 Å². The van der Waals surface area contributed by atoms with Crippen LogP contribution in [0.15, 0.2) is 5.38 Å². The minimum Gasteiger partial charge on any atom is -0.391 e. The molecule has 0 radical (unpaired) electrons. The lowest BCUT2D eigenvalue weighted by atomic mass is 9.99. The molecule has 0 bridgehead atoms. The Morgan fingerprint density at radius 1 is 1.67 bits per heavy atom. The first-order chi connectivity index (χ1) is 8.31. The van der Waals surface area contributed by atoms with E-state index < -0.39 is 11.6 Å². The van der Waals surface area contributed by atoms with Gasteiger partial charge in [-0.3, -0.25) is 4.79 Å². The lowest BCUT2D eigenvalue weighted by molar-refractivity contribution is -0.121. The van der Waals surface area contributed by atoms with Crippen LogP contribution in [0.25, 0.3) is 0 Å². The lowest BCUT2D eigenvalue weighted by Gasteiger charge is -2.29. The van der Waals surface area contributed by atoms with Crippen LogP contribution in [0, 0.1) is 6.92 Å². The topological polar surface area (TPSA) is 62.2 Å². The zero-order valence-corrected chi connectivity index (χ0v) is 12.8. The summed E-state index contributed by atoms with van der Waals surface area (Å²) in [5, 5.41) is 15.4. The second kappa shape index (κ2) is 6.54. The molecule has 0 aliphatic heterocycles. The van der Waals surface area contributed by atoms with Crippen LogP contribution in [0.2, 0.25) is 0 Å². The molecule has 0 fully saturated rings. The number of amides is 1. The predicted octanol–water partition coefficient (Wildman–Crippen LogP) is 1.96. The van der Waals surface area contributed by atoms with Gasteiger partial charge in [0.25, 0.3) is 0 Å². The van der Waals surface area contributed by atoms with Gasteiger partial charge in [-0.2, -0.15) is 0 Å². The van der Waals surface area contributed by atoms with Crippen molar-refractivity contribution in [2.24, 2.45) is 0 Å². The summed E-state index contributed by atoms with van der Waals surface area (Å²) in [6.07, 6.45) is -0.576. The number of aromatic nitrogens is 1. The van der Waals surface area contributed by atoms with Crippen LogP contribution in [0.1, 0.15) is 31.5 Å². The number of carbonyl (C=O) groups excluding carboxylic acids is 1. The average molecular weight is 288 g/mol. The number of hydrogen-bond donors (Lipinski definition) is 2. The summed E-state index contributed by atoms with van der Waals surface area (Å²) < 4.78 is 0. The molecule has 0 saturated heterocycles. The number of aliphatic hydroxyl groups excluding tert-OH is 1. The number of aryl methyl sites for hydroxylation is 1. The van der Waals surface area contributed by atoms with Crippen LogP contribution in [-0.2, 0) is 10.5 Å². The highest BCUT2D eigenvalue weighted by molar-refractivity contribution is 7.99. The minimum absolute atomic E-state index is 0.0575. The van der Waals surface area contributed by atoms with Crippen LogP contribution in [0.3, 0.4) is 0 Å². The van der Waals surface area contributed by atoms with Gasteiger partial charge in [-0.1, -0.05) is 0 Å². The Morgan fingerprint density at radius 3 is 2.83 bits per heavy atom. The molecule has 4 nitrogen and oxygen atoms in total. The van der Waals surface area contributed by atoms with Gasteiger partial charge in [-0.25, -0.2) is 4.98 Å². The Labute approximate surface area is 116 Å². The van der Waals surface area contributed by atoms with Crippen LogP contribution in [-0.4, -0.2) is 33.4 Å². The summed E-state index contributed by atoms with van der Waals surface area (Å²) in [4.78, 5) is 16.0. The SMILES string of the molecule is Cc1nc(CSCC(=O)NC(C)(C)C(C)O)cs1. The van der Waals surface area contributed by atoms with Gasteiger partial charge in [0.15, 0.2) is 0 Å². The summed E-state index contributed by atoms with van der Waals surface area (Å²) in [5.74, 6) is 1.07. The first-order valence-corrected chi connectivity index (χ1v) is 7.82. The van der Waals surface area contributed by atoms with Crippen molar-refractivity contribution < 1.29 is 9.90 Å². The number of nitrogens with one attached hydrogen (secondary N) is 1. The Bertz CT molecular complexity index is 403. The van der Waals surface area contributed by atoms with Crippen LogP contribution in [0.4, 0.5) is 0 Å². The predicted molar refractivity (Wildman–Crippen MR) is 76.9 cm³/mol. The molecule has 2 N–H and O–H groups in total. The van der Waals surface area contributed by atoms with Crippen LogP contribution >= 0.6 is 23.1 Å². The molecular formula is C12H20N2O2S2. The molecule has 18 heavy (non-hydrogen) atoms. The zero-order valence-electron chi connectivity index (χ0n) is 11.2. The maximum Gasteiger partial charge on any atom is 0.230 e. The fraction of sp³-hybridized carbons (Fsp3) is 0.667. The van der Waals surface area contributed by atoms with Crippen molar-refractivity contribution in [2.75, 3.05) is 5.75 Å². The van der Waals surface area contributed by atoms with Gasteiger partial charge >= 0.3 is 0 Å². The van der Waals surface area contributed by atoms with E-state index in [9.17, 15) is 9.90 Å². The number of nitrogens with zero attached hydrogens (tertiary/aromatic N) is 1. The van der Waals surface area contributed by atoms with Gasteiger partial charge in [0.2, 0.25) is 5.91 Å². The van der Waals surface area contributed by atoms with Gasteiger partial charge in [0.05, 0.1) is 28.1 Å². The smallest absolute Gasteiger partial charge is 0.230 e. The monoisotopic (exact) mass is 288 g/mol. The molecule has 0 aliphatic rings. The molecule has 1 heterocycles. The summed E-state index contributed by atoms with van der Waals surface area (Å²) >= 11 is 3.15. The molecule has 1 aromatic rings. The van der Waals surface area contributed by atoms with Crippen molar-refractivity contribution in [3.63, 3.8) is 0 Å². The molecule has 1 amide bonds. The number of rotatable bonds is 6. The Hall–Kier alpha value is -0.590. The van der Waals surface area contributed by atoms with Crippen LogP contribution < -0.4 is 5.32 Å². The summed E-state index contributed by atoms with van der Waals surface area (Å²) in [7, 11) is 0. The van der Waals surface area contributed by atoms with E-state index in [-0.39, 0.29) is 5.91 Å². The average Bonchev–Trinajstić information content (AvgIpc) is 2.63. The van der Waals surface area contributed by atoms with Crippen molar-refractivity contribution in [1.29, 1.82) is 0 Å². The molecule has 6 heteroatoms. The fourth-order valence-electron chi connectivity index (χ4n) is 1.22. The van der Waals surface area contributed by atoms with Crippen molar-refractivity contribution in [3.8, 4) is 0 Å². The molecule has 0 spiro atoms. The quantitative estimate of drug-likeness (QED) is 0.840. The molecule has 102 valence electrons. The number of carbonyl (C=O) groups is 1. The molecule has 1 rings (SSSR count). The Balaban J connectivity index is 2.29. The van der Waals surface area contributed by atoms with E-state index in [0.29, 0.717) is 5.75 Å². The van der Waals surface area contributed by atoms with E-state index in [1.54, 1.807) is 18.3 Å². The van der Waals surface area contributed by atoms with Gasteiger partial charge in [-0.15, -0.1) is 23.1 Å². The van der Waals surface area contributed by atoms with Gasteiger partial charge < -0.3 is 10.4 Å². The number of thioether (sulfide) groups is 1. The maximum absolute atomic E-state index is 11.7. The molecule has 1 atom stereocenters. The second-order valence-corrected chi connectivity index (χ2v) is 6.84. The minimum atomic E-state index is -0.588. The van der Waals surface area contributed by atoms with Gasteiger partial charge in [0.1, 0.15) is 0 Å². The molecule has 0 aliphatic carbocycles. The van der Waals surface area contributed by atoms with E-state index in [4.69, 9.17) is 0 Å². The summed E-state index contributed by atoms with van der Waals surface area (Å²) in [6, 6.07) is 0. The van der Waals surface area contributed by atoms with E-state index in [1.807, 2.05) is 26.2 Å². The standard InChI is InChI=1S/C12H20N2O2S2/c1-8(15)12(3,4)14-11(16)7-17-5-10-6-18-9(2)13-10/h6,8,15H,5,7H2,1-4H3,(H,14,16). The van der Waals surface area contributed by atoms with Crippen molar-refractivity contribution in [2.45, 2.75) is 45.1 Å². The second-order valence-electron chi connectivity index (χ2n) is 4.80. The molecule has 1 unspecified atom stereocenters. The highest BCUT2D eigenvalue weighted by atomic mass is 32.2. The fourth-order valence-corrected chi connectivity index (χ4v) is 2.66. The number of thiazole rings is 1. The zero-order chi connectivity index (χ0) is 13.8. The number of hydrogen-bond acceptors (Lipinski definition) is 5. The van der Waals surface area contributed by atoms with E-state index in [1.165, 1.54) is 11.8 Å². The molecular weight excluding hydrogens is 268 g/mol. The highest BCUT2D eigenvalue weighted by Crippen LogP contribution is 2.15. The largest absolute Gasteiger partial charge is 0.391 e. The summed E-state index contributed by atoms with van der Waals surface area (Å²) in [6.45, 7) is 7.26. The normalized spacial score (nSPS) is 13.4. The van der Waals surface area contributed by atoms with Gasteiger partial charge in [-0.05, 0) is 27.7 Å². The van der Waals surface area contributed by atoms with Crippen molar-refractivity contribution in [3.05, 3.63) is 16.1 Å². The molecule has 1 aromatic heterocycles. The third-order valence-corrected chi connectivity index (χ3v) is 4.44. The first-order valence-electron chi connectivity index (χ1n) is 5.79. The Kier molecular flexibility index (Phi) is 5.62. The van der Waals surface area contributed by atoms with Gasteiger partial charge in [0, 0.05) is 11.1 Å². The van der Waals surface area contributed by atoms with E-state index in [2.05, 4.69) is 10.3 Å². The third-order valence-electron chi connectivity index (χ3n) is 2.66. The maximum atomic E-state index is 11.7. The molecule has 0 aromatic carbocycles. The summed E-state index contributed by atoms with van der Waals surface area (Å²) in [5.41, 5.74) is 0.430. The van der Waals surface area contributed by atoms with E-state index in [0.717, 1.165) is 16.5 Å². The van der Waals surface area contributed by atoms with Crippen molar-refractivity contribution >= 4 is 29.0 Å². The first kappa shape index (κ1) is 15.5.